The summed E-state index contributed by atoms with van der Waals surface area (Å²) in [5.74, 6) is -0.621. The van der Waals surface area contributed by atoms with Crippen molar-refractivity contribution < 1.29 is 19.1 Å². The molecule has 24 heavy (non-hydrogen) atoms. The second-order valence-corrected chi connectivity index (χ2v) is 6.23. The first-order valence-corrected chi connectivity index (χ1v) is 7.73. The molecule has 2 fully saturated rings. The maximum atomic E-state index is 12.6. The molecule has 1 amide bonds. The van der Waals surface area contributed by atoms with Gasteiger partial charge in [-0.2, -0.15) is 0 Å². The fourth-order valence-corrected chi connectivity index (χ4v) is 2.82. The molecular weight excluding hydrogens is 334 g/mol. The highest BCUT2D eigenvalue weighted by molar-refractivity contribution is 5.88. The Morgan fingerprint density at radius 1 is 1.25 bits per heavy atom. The highest BCUT2D eigenvalue weighted by Crippen LogP contribution is 2.45. The van der Waals surface area contributed by atoms with Crippen LogP contribution in [0.15, 0.2) is 18.3 Å². The smallest absolute Gasteiger partial charge is 0.356 e. The van der Waals surface area contributed by atoms with E-state index in [2.05, 4.69) is 15.0 Å². The number of carbonyl (C=O) groups excluding carboxylic acids is 2. The third-order valence-corrected chi connectivity index (χ3v) is 4.65. The molecule has 7 nitrogen and oxygen atoms in total. The van der Waals surface area contributed by atoms with Gasteiger partial charge in [-0.05, 0) is 37.3 Å². The van der Waals surface area contributed by atoms with E-state index in [4.69, 9.17) is 10.5 Å². The van der Waals surface area contributed by atoms with Crippen LogP contribution in [0.3, 0.4) is 0 Å². The summed E-state index contributed by atoms with van der Waals surface area (Å²) in [6, 6.07) is 3.42. The van der Waals surface area contributed by atoms with E-state index >= 15 is 0 Å². The maximum absolute atomic E-state index is 12.6. The maximum Gasteiger partial charge on any atom is 0.356 e. The summed E-state index contributed by atoms with van der Waals surface area (Å²) in [6.07, 6.45) is 4.34. The Balaban J connectivity index is 0.00000208. The van der Waals surface area contributed by atoms with Crippen molar-refractivity contribution in [2.75, 3.05) is 20.3 Å². The molecule has 0 atom stereocenters. The molecule has 0 bridgehead atoms. The number of ether oxygens (including phenoxy) is 2. The lowest BCUT2D eigenvalue weighted by atomic mass is 9.89. The molecule has 1 aliphatic heterocycles. The SMILES string of the molecule is COC(=O)c1ccc(C2(NC(=O)C3(N)CCOCC3)CC2)cn1.Cl. The molecule has 1 saturated carbocycles. The lowest BCUT2D eigenvalue weighted by Gasteiger charge is -2.33. The summed E-state index contributed by atoms with van der Waals surface area (Å²) in [6.45, 7) is 1.01. The minimum Gasteiger partial charge on any atom is -0.464 e. The number of nitrogens with one attached hydrogen (secondary N) is 1. The van der Waals surface area contributed by atoms with Crippen LogP contribution in [0.4, 0.5) is 0 Å². The number of pyridine rings is 1. The van der Waals surface area contributed by atoms with Crippen molar-refractivity contribution in [2.24, 2.45) is 5.73 Å². The molecule has 2 aliphatic rings. The van der Waals surface area contributed by atoms with Crippen LogP contribution in [0.25, 0.3) is 0 Å². The van der Waals surface area contributed by atoms with Crippen LogP contribution in [0.5, 0.6) is 0 Å². The highest BCUT2D eigenvalue weighted by atomic mass is 35.5. The summed E-state index contributed by atoms with van der Waals surface area (Å²) >= 11 is 0. The number of hydrogen-bond acceptors (Lipinski definition) is 6. The second kappa shape index (κ2) is 7.04. The molecule has 1 aromatic rings. The van der Waals surface area contributed by atoms with E-state index < -0.39 is 17.0 Å². The lowest BCUT2D eigenvalue weighted by Crippen LogP contribution is -2.58. The van der Waals surface area contributed by atoms with E-state index in [-0.39, 0.29) is 24.0 Å². The molecule has 132 valence electrons. The summed E-state index contributed by atoms with van der Waals surface area (Å²) in [7, 11) is 1.31. The molecule has 2 heterocycles. The number of nitrogens with two attached hydrogens (primary N) is 1. The molecular formula is C16H22ClN3O4. The molecule has 3 N–H and O–H groups in total. The summed E-state index contributed by atoms with van der Waals surface area (Å²) in [5.41, 5.74) is 6.08. The van der Waals surface area contributed by atoms with Crippen LogP contribution in [0.2, 0.25) is 0 Å². The number of amides is 1. The number of hydrogen-bond donors (Lipinski definition) is 2. The molecule has 0 radical (unpaired) electrons. The Hall–Kier alpha value is -1.70. The van der Waals surface area contributed by atoms with Gasteiger partial charge < -0.3 is 20.5 Å². The van der Waals surface area contributed by atoms with Crippen molar-refractivity contribution in [3.8, 4) is 0 Å². The van der Waals surface area contributed by atoms with Gasteiger partial charge in [0.1, 0.15) is 5.69 Å². The van der Waals surface area contributed by atoms with E-state index in [1.807, 2.05) is 0 Å². The van der Waals surface area contributed by atoms with E-state index in [1.54, 1.807) is 18.3 Å². The number of carbonyl (C=O) groups is 2. The summed E-state index contributed by atoms with van der Waals surface area (Å²) in [4.78, 5) is 28.1. The molecule has 1 aliphatic carbocycles. The Labute approximate surface area is 146 Å². The van der Waals surface area contributed by atoms with Gasteiger partial charge in [-0.1, -0.05) is 6.07 Å². The zero-order valence-corrected chi connectivity index (χ0v) is 14.4. The summed E-state index contributed by atoms with van der Waals surface area (Å²) < 4.78 is 9.91. The van der Waals surface area contributed by atoms with Crippen molar-refractivity contribution in [1.29, 1.82) is 0 Å². The van der Waals surface area contributed by atoms with Crippen molar-refractivity contribution >= 4 is 24.3 Å². The standard InChI is InChI=1S/C16H21N3O4.ClH/c1-22-13(20)12-3-2-11(10-18-12)16(4-5-16)19-14(21)15(17)6-8-23-9-7-15;/h2-3,10H,4-9,17H2,1H3,(H,19,21);1H. The van der Waals surface area contributed by atoms with Gasteiger partial charge >= 0.3 is 5.97 Å². The minimum atomic E-state index is -0.868. The predicted octanol–water partition coefficient (Wildman–Crippen LogP) is 0.903. The molecule has 8 heteroatoms. The molecule has 0 unspecified atom stereocenters. The Morgan fingerprint density at radius 2 is 1.92 bits per heavy atom. The second-order valence-electron chi connectivity index (χ2n) is 6.23. The fourth-order valence-electron chi connectivity index (χ4n) is 2.82. The van der Waals surface area contributed by atoms with Crippen LogP contribution in [0.1, 0.15) is 41.7 Å². The average Bonchev–Trinajstić information content (AvgIpc) is 3.35. The number of esters is 1. The van der Waals surface area contributed by atoms with E-state index in [0.717, 1.165) is 18.4 Å². The fraction of sp³-hybridized carbons (Fsp3) is 0.562. The van der Waals surface area contributed by atoms with Crippen molar-refractivity contribution in [2.45, 2.75) is 36.8 Å². The van der Waals surface area contributed by atoms with Gasteiger partial charge in [-0.25, -0.2) is 9.78 Å². The third-order valence-electron chi connectivity index (χ3n) is 4.65. The van der Waals surface area contributed by atoms with Crippen LogP contribution in [-0.2, 0) is 19.8 Å². The third kappa shape index (κ3) is 3.53. The quantitative estimate of drug-likeness (QED) is 0.778. The van der Waals surface area contributed by atoms with E-state index in [1.165, 1.54) is 7.11 Å². The Kier molecular flexibility index (Phi) is 5.47. The first kappa shape index (κ1) is 18.6. The van der Waals surface area contributed by atoms with Gasteiger partial charge in [0.25, 0.3) is 0 Å². The number of methoxy groups -OCH3 is 1. The van der Waals surface area contributed by atoms with Gasteiger partial charge in [0.05, 0.1) is 18.2 Å². The van der Waals surface area contributed by atoms with Crippen LogP contribution in [0, 0.1) is 0 Å². The van der Waals surface area contributed by atoms with Crippen LogP contribution >= 0.6 is 12.4 Å². The number of nitrogens with zero attached hydrogens (tertiary/aromatic N) is 1. The van der Waals surface area contributed by atoms with Crippen molar-refractivity contribution in [3.63, 3.8) is 0 Å². The van der Waals surface area contributed by atoms with Gasteiger partial charge in [0.15, 0.2) is 0 Å². The molecule has 1 saturated heterocycles. The molecule has 1 aromatic heterocycles. The Bertz CT molecular complexity index is 610. The van der Waals surface area contributed by atoms with E-state index in [9.17, 15) is 9.59 Å². The Morgan fingerprint density at radius 3 is 2.42 bits per heavy atom. The van der Waals surface area contributed by atoms with Gasteiger partial charge in [0, 0.05) is 19.4 Å². The normalized spacial score (nSPS) is 20.4. The minimum absolute atomic E-state index is 0. The summed E-state index contributed by atoms with van der Waals surface area (Å²) in [5, 5.41) is 3.08. The number of rotatable bonds is 4. The average molecular weight is 356 g/mol. The lowest BCUT2D eigenvalue weighted by molar-refractivity contribution is -0.130. The van der Waals surface area contributed by atoms with Gasteiger partial charge in [0.2, 0.25) is 5.91 Å². The molecule has 3 rings (SSSR count). The molecule has 0 spiro atoms. The van der Waals surface area contributed by atoms with Crippen molar-refractivity contribution in [3.05, 3.63) is 29.6 Å². The zero-order valence-electron chi connectivity index (χ0n) is 13.5. The number of aromatic nitrogens is 1. The highest BCUT2D eigenvalue weighted by Gasteiger charge is 2.49. The van der Waals surface area contributed by atoms with Gasteiger partial charge in [-0.3, -0.25) is 4.79 Å². The van der Waals surface area contributed by atoms with Gasteiger partial charge in [-0.15, -0.1) is 12.4 Å². The van der Waals surface area contributed by atoms with Crippen LogP contribution in [-0.4, -0.2) is 42.7 Å². The largest absolute Gasteiger partial charge is 0.464 e. The van der Waals surface area contributed by atoms with Crippen molar-refractivity contribution in [1.82, 2.24) is 10.3 Å². The first-order valence-electron chi connectivity index (χ1n) is 7.73. The monoisotopic (exact) mass is 355 g/mol. The van der Waals surface area contributed by atoms with Crippen LogP contribution < -0.4 is 11.1 Å². The molecule has 0 aromatic carbocycles. The van der Waals surface area contributed by atoms with E-state index in [0.29, 0.717) is 26.1 Å². The topological polar surface area (TPSA) is 104 Å². The predicted molar refractivity (Wildman–Crippen MR) is 88.9 cm³/mol. The number of halogens is 1. The first-order chi connectivity index (χ1) is 11.0. The zero-order chi connectivity index (χ0) is 16.5.